The number of ether oxygens (including phenoxy) is 2. The Hall–Kier alpha value is -1.70. The Labute approximate surface area is 136 Å². The highest BCUT2D eigenvalue weighted by Crippen LogP contribution is 2.34. The van der Waals surface area contributed by atoms with Gasteiger partial charge in [-0.05, 0) is 30.4 Å². The molecule has 114 valence electrons. The monoisotopic (exact) mass is 333 g/mol. The predicted molar refractivity (Wildman–Crippen MR) is 89.1 cm³/mol. The van der Waals surface area contributed by atoms with Crippen molar-refractivity contribution in [1.29, 1.82) is 0 Å². The van der Waals surface area contributed by atoms with Gasteiger partial charge < -0.3 is 9.47 Å². The zero-order valence-corrected chi connectivity index (χ0v) is 13.9. The fourth-order valence-electron chi connectivity index (χ4n) is 1.93. The number of rotatable bonds is 6. The number of thiazole rings is 1. The zero-order chi connectivity index (χ0) is 15.4. The van der Waals surface area contributed by atoms with Crippen molar-refractivity contribution in [3.05, 3.63) is 36.2 Å². The van der Waals surface area contributed by atoms with Gasteiger partial charge in [-0.25, -0.2) is 15.0 Å². The fourth-order valence-corrected chi connectivity index (χ4v) is 3.37. The number of benzene rings is 1. The molecule has 1 aromatic carbocycles. The van der Waals surface area contributed by atoms with Gasteiger partial charge in [0.15, 0.2) is 9.99 Å². The maximum Gasteiger partial charge on any atom is 0.242 e. The first kappa shape index (κ1) is 15.2. The van der Waals surface area contributed by atoms with Crippen LogP contribution in [0.25, 0.3) is 10.3 Å². The van der Waals surface area contributed by atoms with Crippen molar-refractivity contribution in [2.24, 2.45) is 0 Å². The molecule has 2 heterocycles. The summed E-state index contributed by atoms with van der Waals surface area (Å²) in [5.74, 6) is 1.30. The van der Waals surface area contributed by atoms with Crippen LogP contribution in [-0.4, -0.2) is 34.9 Å². The molecule has 3 rings (SSSR count). The summed E-state index contributed by atoms with van der Waals surface area (Å²) in [6, 6.07) is 7.95. The summed E-state index contributed by atoms with van der Waals surface area (Å²) in [6.07, 6.45) is 4.36. The van der Waals surface area contributed by atoms with Crippen molar-refractivity contribution in [3.8, 4) is 11.6 Å². The molecule has 22 heavy (non-hydrogen) atoms. The van der Waals surface area contributed by atoms with Crippen LogP contribution >= 0.6 is 23.1 Å². The minimum atomic E-state index is 0.549. The van der Waals surface area contributed by atoms with Gasteiger partial charge in [0.25, 0.3) is 0 Å². The highest BCUT2D eigenvalue weighted by molar-refractivity contribution is 8.00. The van der Waals surface area contributed by atoms with E-state index in [-0.39, 0.29) is 0 Å². The van der Waals surface area contributed by atoms with Crippen LogP contribution in [0.5, 0.6) is 11.6 Å². The molecule has 2 aromatic heterocycles. The molecule has 0 radical (unpaired) electrons. The van der Waals surface area contributed by atoms with Gasteiger partial charge in [0.2, 0.25) is 5.88 Å². The van der Waals surface area contributed by atoms with Gasteiger partial charge in [-0.3, -0.25) is 0 Å². The van der Waals surface area contributed by atoms with Gasteiger partial charge >= 0.3 is 0 Å². The van der Waals surface area contributed by atoms with Crippen molar-refractivity contribution in [3.63, 3.8) is 0 Å². The first-order chi connectivity index (χ1) is 10.8. The summed E-state index contributed by atoms with van der Waals surface area (Å²) in [7, 11) is 1.70. The Morgan fingerprint density at radius 1 is 1.18 bits per heavy atom. The van der Waals surface area contributed by atoms with E-state index in [0.29, 0.717) is 18.1 Å². The summed E-state index contributed by atoms with van der Waals surface area (Å²) in [4.78, 5) is 12.8. The second-order valence-corrected chi connectivity index (χ2v) is 6.56. The highest BCUT2D eigenvalue weighted by atomic mass is 32.2. The van der Waals surface area contributed by atoms with Gasteiger partial charge in [-0.1, -0.05) is 23.9 Å². The first-order valence-corrected chi connectivity index (χ1v) is 8.75. The minimum Gasteiger partial charge on any atom is -0.437 e. The smallest absolute Gasteiger partial charge is 0.242 e. The van der Waals surface area contributed by atoms with E-state index in [2.05, 4.69) is 15.0 Å². The number of methoxy groups -OCH3 is 1. The van der Waals surface area contributed by atoms with Gasteiger partial charge in [0.05, 0.1) is 6.61 Å². The van der Waals surface area contributed by atoms with E-state index >= 15 is 0 Å². The summed E-state index contributed by atoms with van der Waals surface area (Å²) >= 11 is 3.13. The number of fused-ring (bicyclic) bond motifs is 1. The molecule has 0 fully saturated rings. The third kappa shape index (κ3) is 3.37. The Bertz CT molecular complexity index is 759. The summed E-state index contributed by atoms with van der Waals surface area (Å²) in [5, 5.41) is 0. The Kier molecular flexibility index (Phi) is 4.87. The van der Waals surface area contributed by atoms with E-state index in [1.165, 1.54) is 11.9 Å². The van der Waals surface area contributed by atoms with Crippen LogP contribution in [0.1, 0.15) is 5.56 Å². The molecule has 0 unspecified atom stereocenters. The van der Waals surface area contributed by atoms with Gasteiger partial charge in [-0.15, -0.1) is 11.3 Å². The fraction of sp³-hybridized carbons (Fsp3) is 0.267. The third-order valence-corrected chi connectivity index (χ3v) is 5.06. The quantitative estimate of drug-likeness (QED) is 0.640. The molecular weight excluding hydrogens is 318 g/mol. The summed E-state index contributed by atoms with van der Waals surface area (Å²) in [5.41, 5.74) is 1.89. The number of aromatic nitrogens is 3. The van der Waals surface area contributed by atoms with E-state index in [9.17, 15) is 0 Å². The molecular formula is C15H15N3O2S2. The topological polar surface area (TPSA) is 57.1 Å². The van der Waals surface area contributed by atoms with Crippen molar-refractivity contribution in [2.75, 3.05) is 20.0 Å². The van der Waals surface area contributed by atoms with E-state index in [4.69, 9.17) is 9.47 Å². The van der Waals surface area contributed by atoms with E-state index in [0.717, 1.165) is 21.2 Å². The molecule has 7 heteroatoms. The van der Waals surface area contributed by atoms with E-state index in [1.54, 1.807) is 30.2 Å². The van der Waals surface area contributed by atoms with Crippen molar-refractivity contribution in [2.45, 2.75) is 10.8 Å². The SMILES string of the molecule is COCCc1ccc(Oc2ncnc3nc(SC)sc23)cc1. The molecule has 0 aliphatic carbocycles. The van der Waals surface area contributed by atoms with Gasteiger partial charge in [-0.2, -0.15) is 0 Å². The van der Waals surface area contributed by atoms with Crippen LogP contribution in [0.3, 0.4) is 0 Å². The lowest BCUT2D eigenvalue weighted by molar-refractivity contribution is 0.202. The standard InChI is InChI=1S/C15H15N3O2S2/c1-19-8-7-10-3-5-11(6-4-10)20-14-12-13(16-9-17-14)18-15(21-2)22-12/h3-6,9H,7-8H2,1-2H3. The molecule has 0 spiro atoms. The van der Waals surface area contributed by atoms with Crippen LogP contribution in [0, 0.1) is 0 Å². The lowest BCUT2D eigenvalue weighted by Crippen LogP contribution is -1.94. The van der Waals surface area contributed by atoms with Crippen molar-refractivity contribution in [1.82, 2.24) is 15.0 Å². The lowest BCUT2D eigenvalue weighted by Gasteiger charge is -2.06. The number of hydrogen-bond donors (Lipinski definition) is 0. The number of hydrogen-bond acceptors (Lipinski definition) is 7. The first-order valence-electron chi connectivity index (χ1n) is 6.71. The Morgan fingerprint density at radius 2 is 2.00 bits per heavy atom. The molecule has 3 aromatic rings. The molecule has 0 N–H and O–H groups in total. The maximum absolute atomic E-state index is 5.89. The van der Waals surface area contributed by atoms with E-state index < -0.39 is 0 Å². The molecule has 0 amide bonds. The normalized spacial score (nSPS) is 11.0. The van der Waals surface area contributed by atoms with Crippen LogP contribution in [0.4, 0.5) is 0 Å². The highest BCUT2D eigenvalue weighted by Gasteiger charge is 2.12. The van der Waals surface area contributed by atoms with Crippen LogP contribution in [0.2, 0.25) is 0 Å². The molecule has 0 saturated heterocycles. The predicted octanol–water partition coefficient (Wildman–Crippen LogP) is 3.79. The number of thioether (sulfide) groups is 1. The Morgan fingerprint density at radius 3 is 2.73 bits per heavy atom. The molecule has 0 saturated carbocycles. The third-order valence-electron chi connectivity index (χ3n) is 3.05. The van der Waals surface area contributed by atoms with Crippen LogP contribution in [0.15, 0.2) is 34.9 Å². The average molecular weight is 333 g/mol. The average Bonchev–Trinajstić information content (AvgIpc) is 2.98. The molecule has 5 nitrogen and oxygen atoms in total. The molecule has 0 aliphatic rings. The van der Waals surface area contributed by atoms with Crippen molar-refractivity contribution >= 4 is 33.4 Å². The molecule has 0 aliphatic heterocycles. The summed E-state index contributed by atoms with van der Waals surface area (Å²) < 4.78 is 12.8. The van der Waals surface area contributed by atoms with Gasteiger partial charge in [0, 0.05) is 7.11 Å². The van der Waals surface area contributed by atoms with Crippen LogP contribution < -0.4 is 4.74 Å². The zero-order valence-electron chi connectivity index (χ0n) is 12.3. The van der Waals surface area contributed by atoms with Crippen LogP contribution in [-0.2, 0) is 11.2 Å². The number of nitrogens with zero attached hydrogens (tertiary/aromatic N) is 3. The van der Waals surface area contributed by atoms with E-state index in [1.807, 2.05) is 30.5 Å². The van der Waals surface area contributed by atoms with Gasteiger partial charge in [0.1, 0.15) is 16.8 Å². The summed E-state index contributed by atoms with van der Waals surface area (Å²) in [6.45, 7) is 0.713. The molecule has 0 atom stereocenters. The Balaban J connectivity index is 1.82. The second-order valence-electron chi connectivity index (χ2n) is 4.50. The lowest BCUT2D eigenvalue weighted by atomic mass is 10.1. The maximum atomic E-state index is 5.89. The second kappa shape index (κ2) is 7.04. The molecule has 0 bridgehead atoms. The minimum absolute atomic E-state index is 0.549. The van der Waals surface area contributed by atoms with Crippen molar-refractivity contribution < 1.29 is 9.47 Å². The largest absolute Gasteiger partial charge is 0.437 e.